The Hall–Kier alpha value is -3.47. The van der Waals surface area contributed by atoms with Crippen molar-refractivity contribution in [3.05, 3.63) is 59.5 Å². The van der Waals surface area contributed by atoms with Crippen molar-refractivity contribution in [2.24, 2.45) is 0 Å². The second-order valence-electron chi connectivity index (χ2n) is 7.42. The van der Waals surface area contributed by atoms with Crippen LogP contribution in [-0.4, -0.2) is 51.3 Å². The molecule has 3 aromatic rings. The van der Waals surface area contributed by atoms with Crippen molar-refractivity contribution >= 4 is 5.91 Å². The fraction of sp³-hybridized carbons (Fsp3) is 0.333. The number of benzene rings is 1. The molecule has 8 nitrogen and oxygen atoms in total. The zero-order valence-corrected chi connectivity index (χ0v) is 16.6. The van der Waals surface area contributed by atoms with Crippen LogP contribution in [0.15, 0.2) is 40.9 Å². The number of para-hydroxylation sites is 1. The first-order valence-corrected chi connectivity index (χ1v) is 9.92. The van der Waals surface area contributed by atoms with Crippen molar-refractivity contribution in [2.75, 3.05) is 13.2 Å². The van der Waals surface area contributed by atoms with Crippen LogP contribution in [0.4, 0.5) is 13.2 Å². The van der Waals surface area contributed by atoms with Crippen LogP contribution >= 0.6 is 0 Å². The van der Waals surface area contributed by atoms with Crippen LogP contribution in [-0.2, 0) is 11.3 Å². The van der Waals surface area contributed by atoms with Gasteiger partial charge in [0, 0.05) is 12.6 Å². The maximum atomic E-state index is 14.1. The Morgan fingerprint density at radius 1 is 1.22 bits per heavy atom. The van der Waals surface area contributed by atoms with Gasteiger partial charge >= 0.3 is 6.43 Å². The average molecular weight is 446 g/mol. The predicted octanol–water partition coefficient (Wildman–Crippen LogP) is 3.40. The summed E-state index contributed by atoms with van der Waals surface area (Å²) < 4.78 is 56.0. The highest BCUT2D eigenvalue weighted by Crippen LogP contribution is 2.32. The summed E-state index contributed by atoms with van der Waals surface area (Å²) >= 11 is 0. The number of nitrogens with zero attached hydrogens (tertiary/aromatic N) is 4. The molecule has 11 heteroatoms. The van der Waals surface area contributed by atoms with E-state index in [0.717, 1.165) is 0 Å². The number of hydrogen-bond donors (Lipinski definition) is 0. The van der Waals surface area contributed by atoms with E-state index in [9.17, 15) is 18.0 Å². The Kier molecular flexibility index (Phi) is 5.25. The van der Waals surface area contributed by atoms with E-state index in [0.29, 0.717) is 24.3 Å². The van der Waals surface area contributed by atoms with E-state index in [2.05, 4.69) is 15.2 Å². The Balaban J connectivity index is 1.38. The van der Waals surface area contributed by atoms with E-state index < -0.39 is 30.3 Å². The molecule has 1 unspecified atom stereocenters. The molecule has 0 bridgehead atoms. The van der Waals surface area contributed by atoms with Crippen molar-refractivity contribution in [3.8, 4) is 17.2 Å². The summed E-state index contributed by atoms with van der Waals surface area (Å²) in [5.41, 5.74) is 1.08. The molecule has 2 atom stereocenters. The largest absolute Gasteiger partial charge is 0.485 e. The quantitative estimate of drug-likeness (QED) is 0.593. The number of amides is 1. The van der Waals surface area contributed by atoms with Crippen LogP contribution in [0.2, 0.25) is 0 Å². The van der Waals surface area contributed by atoms with Gasteiger partial charge < -0.3 is 18.8 Å². The second-order valence-corrected chi connectivity index (χ2v) is 7.42. The number of carbonyl (C=O) groups is 1. The molecule has 2 aromatic heterocycles. The zero-order chi connectivity index (χ0) is 22.2. The van der Waals surface area contributed by atoms with Gasteiger partial charge in [0.2, 0.25) is 5.89 Å². The minimum absolute atomic E-state index is 0.111. The van der Waals surface area contributed by atoms with Gasteiger partial charge in [0.15, 0.2) is 11.6 Å². The van der Waals surface area contributed by atoms with Crippen molar-refractivity contribution in [2.45, 2.75) is 31.5 Å². The first kappa shape index (κ1) is 20.4. The Morgan fingerprint density at radius 2 is 2.06 bits per heavy atom. The van der Waals surface area contributed by atoms with E-state index in [1.807, 2.05) is 0 Å². The molecule has 5 rings (SSSR count). The van der Waals surface area contributed by atoms with E-state index >= 15 is 0 Å². The van der Waals surface area contributed by atoms with Gasteiger partial charge in [-0.2, -0.15) is 8.78 Å². The number of hydrogen-bond acceptors (Lipinski definition) is 7. The summed E-state index contributed by atoms with van der Waals surface area (Å²) in [4.78, 5) is 19.0. The van der Waals surface area contributed by atoms with Gasteiger partial charge in [-0.05, 0) is 18.2 Å². The van der Waals surface area contributed by atoms with Crippen LogP contribution < -0.4 is 4.74 Å². The van der Waals surface area contributed by atoms with Gasteiger partial charge in [-0.25, -0.2) is 4.39 Å². The summed E-state index contributed by atoms with van der Waals surface area (Å²) in [6.45, 7) is 0.871. The summed E-state index contributed by atoms with van der Waals surface area (Å²) in [6.07, 6.45) is -1.49. The van der Waals surface area contributed by atoms with Crippen molar-refractivity contribution < 1.29 is 31.9 Å². The molecule has 1 saturated heterocycles. The van der Waals surface area contributed by atoms with Crippen LogP contribution in [0.5, 0.6) is 5.75 Å². The number of rotatable bonds is 5. The molecule has 0 saturated carbocycles. The molecule has 0 spiro atoms. The van der Waals surface area contributed by atoms with Gasteiger partial charge in [-0.15, -0.1) is 10.2 Å². The summed E-state index contributed by atoms with van der Waals surface area (Å²) in [5, 5.41) is 6.89. The third-order valence-electron chi connectivity index (χ3n) is 5.44. The fourth-order valence-electron chi connectivity index (χ4n) is 3.85. The Morgan fingerprint density at radius 3 is 2.84 bits per heavy atom. The molecule has 0 N–H and O–H groups in total. The molecule has 0 radical (unpaired) electrons. The van der Waals surface area contributed by atoms with Crippen LogP contribution in [0.3, 0.4) is 0 Å². The normalized spacial score (nSPS) is 20.6. The third-order valence-corrected chi connectivity index (χ3v) is 5.44. The van der Waals surface area contributed by atoms with E-state index in [1.165, 1.54) is 24.4 Å². The van der Waals surface area contributed by atoms with E-state index in [1.54, 1.807) is 17.0 Å². The molecule has 0 aliphatic carbocycles. The van der Waals surface area contributed by atoms with Gasteiger partial charge in [0.1, 0.15) is 6.10 Å². The standard InChI is InChI=1S/C21H17F3N4O4/c22-13-3-1-2-4-16(13)31-17-5-6-30-10-15(17)28-9-14-12(21(28)29)7-11(8-25-14)19-26-27-20(32-19)18(23)24/h1-4,7-8,15,17-18H,5-6,9-10H2/t15?,17-/m1/s1. The highest BCUT2D eigenvalue weighted by molar-refractivity contribution is 5.99. The number of fused-ring (bicyclic) bond motifs is 1. The summed E-state index contributed by atoms with van der Waals surface area (Å²) in [5.74, 6) is -1.65. The molecular formula is C21H17F3N4O4. The van der Waals surface area contributed by atoms with Crippen LogP contribution in [0.1, 0.15) is 34.8 Å². The van der Waals surface area contributed by atoms with Crippen molar-refractivity contribution in [1.29, 1.82) is 0 Å². The van der Waals surface area contributed by atoms with Gasteiger partial charge in [-0.1, -0.05) is 12.1 Å². The number of aromatic nitrogens is 3. The van der Waals surface area contributed by atoms with Crippen molar-refractivity contribution in [3.63, 3.8) is 0 Å². The topological polar surface area (TPSA) is 90.6 Å². The summed E-state index contributed by atoms with van der Waals surface area (Å²) in [6, 6.07) is 7.12. The zero-order valence-electron chi connectivity index (χ0n) is 16.6. The number of pyridine rings is 1. The Labute approximate surface area is 180 Å². The molecule has 32 heavy (non-hydrogen) atoms. The monoisotopic (exact) mass is 446 g/mol. The maximum absolute atomic E-state index is 14.1. The lowest BCUT2D eigenvalue weighted by Crippen LogP contribution is -2.52. The summed E-state index contributed by atoms with van der Waals surface area (Å²) in [7, 11) is 0. The first-order valence-electron chi connectivity index (χ1n) is 9.92. The van der Waals surface area contributed by atoms with Crippen LogP contribution in [0, 0.1) is 5.82 Å². The molecule has 166 valence electrons. The minimum atomic E-state index is -2.89. The van der Waals surface area contributed by atoms with Gasteiger partial charge in [-0.3, -0.25) is 9.78 Å². The minimum Gasteiger partial charge on any atom is -0.485 e. The number of ether oxygens (including phenoxy) is 2. The highest BCUT2D eigenvalue weighted by atomic mass is 19.3. The van der Waals surface area contributed by atoms with Crippen LogP contribution in [0.25, 0.3) is 11.5 Å². The Bertz CT molecular complexity index is 1160. The number of alkyl halides is 2. The average Bonchev–Trinajstić information content (AvgIpc) is 3.41. The molecule has 4 heterocycles. The first-order chi connectivity index (χ1) is 15.5. The fourth-order valence-corrected chi connectivity index (χ4v) is 3.85. The van der Waals surface area contributed by atoms with Gasteiger partial charge in [0.25, 0.3) is 11.8 Å². The highest BCUT2D eigenvalue weighted by Gasteiger charge is 2.40. The lowest BCUT2D eigenvalue weighted by atomic mass is 10.0. The third kappa shape index (κ3) is 3.68. The van der Waals surface area contributed by atoms with Gasteiger partial charge in [0.05, 0.1) is 42.6 Å². The van der Waals surface area contributed by atoms with E-state index in [4.69, 9.17) is 13.9 Å². The predicted molar refractivity (Wildman–Crippen MR) is 102 cm³/mol. The SMILES string of the molecule is O=C1c2cc(-c3nnc(C(F)F)o3)cnc2CN1C1COCC[C@H]1Oc1ccccc1F. The molecule has 1 aromatic carbocycles. The molecule has 1 amide bonds. The van der Waals surface area contributed by atoms with Crippen molar-refractivity contribution in [1.82, 2.24) is 20.1 Å². The molecule has 2 aliphatic heterocycles. The lowest BCUT2D eigenvalue weighted by molar-refractivity contribution is -0.0440. The maximum Gasteiger partial charge on any atom is 0.314 e. The lowest BCUT2D eigenvalue weighted by Gasteiger charge is -2.37. The second kappa shape index (κ2) is 8.23. The molecule has 2 aliphatic rings. The number of carbonyl (C=O) groups excluding carboxylic acids is 1. The molecule has 1 fully saturated rings. The van der Waals surface area contributed by atoms with E-state index in [-0.39, 0.29) is 36.3 Å². The smallest absolute Gasteiger partial charge is 0.314 e. The molecular weight excluding hydrogens is 429 g/mol. The number of halogens is 3.